The molecule has 37 heavy (non-hydrogen) atoms. The lowest BCUT2D eigenvalue weighted by atomic mass is 9.95. The molecule has 0 bridgehead atoms. The molecular weight excluding hydrogens is 492 g/mol. The van der Waals surface area contributed by atoms with Crippen LogP contribution >= 0.6 is 0 Å². The molecule has 0 radical (unpaired) electrons. The Morgan fingerprint density at radius 3 is 2.41 bits per heavy atom. The highest BCUT2D eigenvalue weighted by Gasteiger charge is 2.55. The lowest BCUT2D eigenvalue weighted by Gasteiger charge is -2.38. The molecule has 5 rings (SSSR count). The van der Waals surface area contributed by atoms with Crippen molar-refractivity contribution in [3.63, 3.8) is 0 Å². The molecule has 1 spiro atoms. The second-order valence-electron chi connectivity index (χ2n) is 8.62. The number of aliphatic hydroxyl groups is 2. The maximum atomic E-state index is 13.9. The van der Waals surface area contributed by atoms with Crippen molar-refractivity contribution < 1.29 is 42.8 Å². The summed E-state index contributed by atoms with van der Waals surface area (Å²) in [4.78, 5) is 26.8. The second-order valence-corrected chi connectivity index (χ2v) is 8.62. The predicted molar refractivity (Wildman–Crippen MR) is 120 cm³/mol. The molecule has 0 saturated carbocycles. The summed E-state index contributed by atoms with van der Waals surface area (Å²) in [6.07, 6.45) is -3.37. The number of rotatable bonds is 3. The van der Waals surface area contributed by atoms with Crippen LogP contribution in [0, 0.1) is 11.6 Å². The van der Waals surface area contributed by atoms with Crippen LogP contribution in [-0.4, -0.2) is 63.0 Å². The number of esters is 2. The van der Waals surface area contributed by atoms with Gasteiger partial charge in [0.05, 0.1) is 11.3 Å². The molecule has 10 nitrogen and oxygen atoms in total. The number of halogens is 2. The van der Waals surface area contributed by atoms with Crippen LogP contribution in [0.3, 0.4) is 0 Å². The molecule has 3 heterocycles. The third-order valence-corrected chi connectivity index (χ3v) is 6.27. The maximum absolute atomic E-state index is 13.9. The monoisotopic (exact) mass is 513 g/mol. The van der Waals surface area contributed by atoms with Crippen molar-refractivity contribution in [3.8, 4) is 17.0 Å². The summed E-state index contributed by atoms with van der Waals surface area (Å²) in [5.41, 5.74) is 1.52. The van der Waals surface area contributed by atoms with Crippen LogP contribution in [0.2, 0.25) is 0 Å². The first kappa shape index (κ1) is 24.7. The normalized spacial score (nSPS) is 26.0. The SMILES string of the molecule is CN1CCC(Oc2ccc(F)c(F)c2)c2ccc(-c3cccnn3)cc2C12OC(=O)C(O)C(O)C(=O)O2. The van der Waals surface area contributed by atoms with E-state index in [4.69, 9.17) is 14.2 Å². The van der Waals surface area contributed by atoms with Crippen molar-refractivity contribution >= 4 is 11.9 Å². The van der Waals surface area contributed by atoms with Crippen molar-refractivity contribution in [2.75, 3.05) is 13.6 Å². The number of ether oxygens (including phenoxy) is 3. The number of aromatic nitrogens is 2. The van der Waals surface area contributed by atoms with E-state index in [0.717, 1.165) is 12.1 Å². The molecule has 12 heteroatoms. The minimum absolute atomic E-state index is 0.0483. The van der Waals surface area contributed by atoms with Gasteiger partial charge in [0, 0.05) is 36.4 Å². The molecular formula is C25H21F2N3O7. The molecule has 3 aromatic rings. The van der Waals surface area contributed by atoms with Gasteiger partial charge in [-0.3, -0.25) is 0 Å². The van der Waals surface area contributed by atoms with Gasteiger partial charge in [-0.1, -0.05) is 12.1 Å². The van der Waals surface area contributed by atoms with E-state index in [1.54, 1.807) is 30.3 Å². The zero-order valence-corrected chi connectivity index (χ0v) is 19.4. The molecule has 3 atom stereocenters. The highest BCUT2D eigenvalue weighted by Crippen LogP contribution is 2.44. The van der Waals surface area contributed by atoms with Gasteiger partial charge in [0.25, 0.3) is 0 Å². The van der Waals surface area contributed by atoms with Crippen LogP contribution in [0.1, 0.15) is 23.7 Å². The Balaban J connectivity index is 1.68. The highest BCUT2D eigenvalue weighted by molar-refractivity contribution is 5.87. The zero-order chi connectivity index (χ0) is 26.3. The zero-order valence-electron chi connectivity index (χ0n) is 19.4. The lowest BCUT2D eigenvalue weighted by Crippen LogP contribution is -2.50. The standard InChI is InChI=1S/C25H21F2N3O7/c1-30-10-8-20(35-14-5-7-17(26)18(27)12-14)15-6-4-13(19-3-2-9-28-29-19)11-16(15)25(30)36-23(33)21(31)22(32)24(34)37-25/h2-7,9,11-12,20-22,31-32H,8,10H2,1H3. The van der Waals surface area contributed by atoms with Gasteiger partial charge >= 0.3 is 17.8 Å². The topological polar surface area (TPSA) is 131 Å². The Morgan fingerprint density at radius 1 is 1.03 bits per heavy atom. The molecule has 0 amide bonds. The maximum Gasteiger partial charge on any atom is 0.349 e. The van der Waals surface area contributed by atoms with E-state index in [1.165, 1.54) is 24.2 Å². The molecule has 2 aromatic carbocycles. The summed E-state index contributed by atoms with van der Waals surface area (Å²) in [5.74, 6) is -6.82. The second kappa shape index (κ2) is 9.47. The number of nitrogens with zero attached hydrogens (tertiary/aromatic N) is 3. The quantitative estimate of drug-likeness (QED) is 0.500. The van der Waals surface area contributed by atoms with Crippen LogP contribution in [0.15, 0.2) is 54.7 Å². The first-order valence-electron chi connectivity index (χ1n) is 11.3. The minimum Gasteiger partial charge on any atom is -0.486 e. The van der Waals surface area contributed by atoms with E-state index in [2.05, 4.69) is 10.2 Å². The number of carbonyl (C=O) groups is 2. The van der Waals surface area contributed by atoms with E-state index in [-0.39, 0.29) is 24.3 Å². The fourth-order valence-corrected chi connectivity index (χ4v) is 4.32. The summed E-state index contributed by atoms with van der Waals surface area (Å²) >= 11 is 0. The Morgan fingerprint density at radius 2 is 1.76 bits per heavy atom. The molecule has 1 saturated heterocycles. The van der Waals surface area contributed by atoms with Crippen molar-refractivity contribution in [1.29, 1.82) is 0 Å². The van der Waals surface area contributed by atoms with E-state index in [9.17, 15) is 28.6 Å². The number of hydrogen-bond acceptors (Lipinski definition) is 10. The molecule has 2 aliphatic rings. The first-order valence-corrected chi connectivity index (χ1v) is 11.3. The van der Waals surface area contributed by atoms with Crippen LogP contribution in [0.4, 0.5) is 8.78 Å². The number of aliphatic hydroxyl groups excluding tert-OH is 2. The van der Waals surface area contributed by atoms with Crippen LogP contribution in [-0.2, 0) is 25.0 Å². The van der Waals surface area contributed by atoms with Crippen LogP contribution in [0.5, 0.6) is 5.75 Å². The summed E-state index contributed by atoms with van der Waals surface area (Å²) in [7, 11) is 1.52. The molecule has 1 fully saturated rings. The van der Waals surface area contributed by atoms with Gasteiger partial charge in [0.1, 0.15) is 11.9 Å². The molecule has 2 N–H and O–H groups in total. The van der Waals surface area contributed by atoms with Gasteiger partial charge in [0.2, 0.25) is 0 Å². The predicted octanol–water partition coefficient (Wildman–Crippen LogP) is 1.81. The van der Waals surface area contributed by atoms with Gasteiger partial charge in [-0.05, 0) is 37.4 Å². The van der Waals surface area contributed by atoms with Crippen LogP contribution < -0.4 is 4.74 Å². The number of carbonyl (C=O) groups excluding carboxylic acids is 2. The Bertz CT molecular complexity index is 1340. The first-order chi connectivity index (χ1) is 17.7. The number of fused-ring (bicyclic) bond motifs is 2. The van der Waals surface area contributed by atoms with E-state index in [0.29, 0.717) is 16.8 Å². The van der Waals surface area contributed by atoms with E-state index >= 15 is 0 Å². The third kappa shape index (κ3) is 4.39. The Hall–Kier alpha value is -4.00. The van der Waals surface area contributed by atoms with Gasteiger partial charge in [-0.25, -0.2) is 23.3 Å². The number of hydrogen-bond donors (Lipinski definition) is 2. The van der Waals surface area contributed by atoms with Crippen molar-refractivity contribution in [3.05, 3.63) is 77.5 Å². The molecule has 0 aliphatic carbocycles. The molecule has 1 aromatic heterocycles. The van der Waals surface area contributed by atoms with E-state index in [1.807, 2.05) is 0 Å². The smallest absolute Gasteiger partial charge is 0.349 e. The average molecular weight is 513 g/mol. The minimum atomic E-state index is -2.19. The van der Waals surface area contributed by atoms with Crippen LogP contribution in [0.25, 0.3) is 11.3 Å². The van der Waals surface area contributed by atoms with Crippen molar-refractivity contribution in [2.45, 2.75) is 30.6 Å². The largest absolute Gasteiger partial charge is 0.486 e. The summed E-state index contributed by atoms with van der Waals surface area (Å²) < 4.78 is 44.5. The molecule has 2 aliphatic heterocycles. The summed E-state index contributed by atoms with van der Waals surface area (Å²) in [5, 5.41) is 28.1. The van der Waals surface area contributed by atoms with Gasteiger partial charge in [-0.2, -0.15) is 10.2 Å². The lowest BCUT2D eigenvalue weighted by molar-refractivity contribution is -0.288. The highest BCUT2D eigenvalue weighted by atomic mass is 19.2. The summed E-state index contributed by atoms with van der Waals surface area (Å²) in [6, 6.07) is 11.4. The molecule has 192 valence electrons. The Kier molecular flexibility index (Phi) is 6.31. The number of benzene rings is 2. The Labute approximate surface area is 209 Å². The third-order valence-electron chi connectivity index (χ3n) is 6.27. The van der Waals surface area contributed by atoms with Gasteiger partial charge in [0.15, 0.2) is 23.8 Å². The van der Waals surface area contributed by atoms with E-state index < -0.39 is 47.8 Å². The molecule has 3 unspecified atom stereocenters. The average Bonchev–Trinajstić information content (AvgIpc) is 3.06. The fourth-order valence-electron chi connectivity index (χ4n) is 4.32. The van der Waals surface area contributed by atoms with Gasteiger partial charge < -0.3 is 24.4 Å². The summed E-state index contributed by atoms with van der Waals surface area (Å²) in [6.45, 7) is 0.121. The van der Waals surface area contributed by atoms with Crippen molar-refractivity contribution in [2.24, 2.45) is 0 Å². The van der Waals surface area contributed by atoms with Crippen molar-refractivity contribution in [1.82, 2.24) is 15.1 Å². The fraction of sp³-hybridized carbons (Fsp3) is 0.280. The van der Waals surface area contributed by atoms with Gasteiger partial charge in [-0.15, -0.1) is 0 Å².